The zero-order valence-electron chi connectivity index (χ0n) is 11.8. The van der Waals surface area contributed by atoms with Crippen molar-refractivity contribution in [3.63, 3.8) is 0 Å². The zero-order valence-corrected chi connectivity index (χ0v) is 12.6. The summed E-state index contributed by atoms with van der Waals surface area (Å²) < 4.78 is 1.18. The lowest BCUT2D eigenvalue weighted by atomic mass is 9.84. The number of anilines is 1. The lowest BCUT2D eigenvalue weighted by Crippen LogP contribution is -2.29. The molecule has 2 rings (SSSR count). The molecule has 1 aromatic heterocycles. The highest BCUT2D eigenvalue weighted by molar-refractivity contribution is 6.32. The summed E-state index contributed by atoms with van der Waals surface area (Å²) in [5, 5.41) is 16.4. The fraction of sp³-hybridized carbons (Fsp3) is 0.714. The van der Waals surface area contributed by atoms with Gasteiger partial charge in [-0.15, -0.1) is 0 Å². The van der Waals surface area contributed by atoms with Crippen molar-refractivity contribution >= 4 is 17.3 Å². The number of rotatable bonds is 5. The van der Waals surface area contributed by atoms with Crippen LogP contribution in [0.15, 0.2) is 11.0 Å². The van der Waals surface area contributed by atoms with E-state index in [4.69, 9.17) is 16.7 Å². The number of nitrogens with zero attached hydrogens (tertiary/aromatic N) is 2. The summed E-state index contributed by atoms with van der Waals surface area (Å²) in [4.78, 5) is 11.9. The molecule has 5 nitrogen and oxygen atoms in total. The Morgan fingerprint density at radius 3 is 2.75 bits per heavy atom. The summed E-state index contributed by atoms with van der Waals surface area (Å²) in [5.41, 5.74) is 0.249. The number of aliphatic hydroxyl groups excluding tert-OH is 1. The summed E-state index contributed by atoms with van der Waals surface area (Å²) in [7, 11) is 0. The van der Waals surface area contributed by atoms with Gasteiger partial charge in [0.05, 0.1) is 25.0 Å². The average Bonchev–Trinajstić information content (AvgIpc) is 2.48. The minimum absolute atomic E-state index is 0.128. The summed E-state index contributed by atoms with van der Waals surface area (Å²) in [6.07, 6.45) is 7.47. The molecule has 1 saturated carbocycles. The first kappa shape index (κ1) is 15.3. The fourth-order valence-electron chi connectivity index (χ4n) is 2.75. The van der Waals surface area contributed by atoms with Gasteiger partial charge in [-0.2, -0.15) is 5.10 Å². The molecule has 0 bridgehead atoms. The van der Waals surface area contributed by atoms with Gasteiger partial charge >= 0.3 is 0 Å². The largest absolute Gasteiger partial charge is 0.394 e. The third-order valence-electron chi connectivity index (χ3n) is 4.08. The van der Waals surface area contributed by atoms with Crippen molar-refractivity contribution in [1.29, 1.82) is 0 Å². The Hall–Kier alpha value is -1.07. The highest BCUT2D eigenvalue weighted by Crippen LogP contribution is 2.29. The fourth-order valence-corrected chi connectivity index (χ4v) is 2.96. The lowest BCUT2D eigenvalue weighted by molar-refractivity contribution is 0.266. The van der Waals surface area contributed by atoms with Crippen LogP contribution in [-0.4, -0.2) is 27.5 Å². The van der Waals surface area contributed by atoms with Crippen LogP contribution in [0.5, 0.6) is 0 Å². The highest BCUT2D eigenvalue weighted by Gasteiger charge is 2.21. The van der Waals surface area contributed by atoms with Gasteiger partial charge in [-0.1, -0.05) is 24.9 Å². The number of nitrogens with one attached hydrogen (secondary N) is 1. The van der Waals surface area contributed by atoms with Crippen LogP contribution in [0.25, 0.3) is 0 Å². The Morgan fingerprint density at radius 2 is 2.15 bits per heavy atom. The Kier molecular flexibility index (Phi) is 5.43. The summed E-state index contributed by atoms with van der Waals surface area (Å²) in [6.45, 7) is 2.28. The molecule has 1 aliphatic rings. The molecule has 0 unspecified atom stereocenters. The van der Waals surface area contributed by atoms with Crippen LogP contribution in [-0.2, 0) is 6.54 Å². The number of hydrogen-bond donors (Lipinski definition) is 2. The summed E-state index contributed by atoms with van der Waals surface area (Å²) in [5.74, 6) is 0.833. The van der Waals surface area contributed by atoms with Crippen LogP contribution in [0, 0.1) is 5.92 Å². The molecule has 0 radical (unpaired) electrons. The second-order valence-electron chi connectivity index (χ2n) is 5.39. The normalized spacial score (nSPS) is 22.8. The van der Waals surface area contributed by atoms with Gasteiger partial charge in [-0.05, 0) is 31.6 Å². The maximum atomic E-state index is 11.9. The molecule has 2 N–H and O–H groups in total. The van der Waals surface area contributed by atoms with Crippen molar-refractivity contribution in [3.8, 4) is 0 Å². The van der Waals surface area contributed by atoms with E-state index in [1.54, 1.807) is 6.20 Å². The smallest absolute Gasteiger partial charge is 0.287 e. The van der Waals surface area contributed by atoms with Crippen LogP contribution in [0.1, 0.15) is 39.0 Å². The molecule has 0 aliphatic heterocycles. The topological polar surface area (TPSA) is 67.2 Å². The molecule has 1 heterocycles. The Labute approximate surface area is 124 Å². The minimum Gasteiger partial charge on any atom is -0.394 e. The Balaban J connectivity index is 2.03. The minimum atomic E-state index is -0.354. The van der Waals surface area contributed by atoms with E-state index in [2.05, 4.69) is 17.3 Å². The molecule has 0 amide bonds. The highest BCUT2D eigenvalue weighted by atomic mass is 35.5. The standard InChI is InChI=1S/C14H22ClN3O2/c1-2-10-3-5-11(6-4-10)17-12-9-16-18(7-8-19)14(20)13(12)15/h9-11,17,19H,2-8H2,1H3. The predicted octanol–water partition coefficient (Wildman–Crippen LogP) is 2.27. The van der Waals surface area contributed by atoms with Gasteiger partial charge in [-0.3, -0.25) is 4.79 Å². The zero-order chi connectivity index (χ0) is 14.5. The maximum Gasteiger partial charge on any atom is 0.287 e. The van der Waals surface area contributed by atoms with E-state index in [-0.39, 0.29) is 23.7 Å². The van der Waals surface area contributed by atoms with Crippen molar-refractivity contribution in [2.75, 3.05) is 11.9 Å². The van der Waals surface area contributed by atoms with Crippen LogP contribution >= 0.6 is 11.6 Å². The van der Waals surface area contributed by atoms with Crippen molar-refractivity contribution in [1.82, 2.24) is 9.78 Å². The van der Waals surface area contributed by atoms with Crippen molar-refractivity contribution in [3.05, 3.63) is 21.6 Å². The Bertz CT molecular complexity index is 496. The van der Waals surface area contributed by atoms with Gasteiger partial charge < -0.3 is 10.4 Å². The second kappa shape index (κ2) is 7.09. The molecule has 20 heavy (non-hydrogen) atoms. The molecule has 0 atom stereocenters. The first-order valence-corrected chi connectivity index (χ1v) is 7.66. The SMILES string of the molecule is CCC1CCC(Nc2cnn(CCO)c(=O)c2Cl)CC1. The first-order chi connectivity index (χ1) is 9.65. The van der Waals surface area contributed by atoms with Gasteiger partial charge in [0.25, 0.3) is 5.56 Å². The molecule has 0 saturated heterocycles. The van der Waals surface area contributed by atoms with Crippen LogP contribution < -0.4 is 10.9 Å². The number of halogens is 1. The van der Waals surface area contributed by atoms with Gasteiger partial charge in [-0.25, -0.2) is 4.68 Å². The van der Waals surface area contributed by atoms with Gasteiger partial charge in [0.15, 0.2) is 0 Å². The van der Waals surface area contributed by atoms with Crippen molar-refractivity contribution < 1.29 is 5.11 Å². The third-order valence-corrected chi connectivity index (χ3v) is 4.45. The molecular weight excluding hydrogens is 278 g/mol. The van der Waals surface area contributed by atoms with E-state index >= 15 is 0 Å². The molecule has 1 aromatic rings. The van der Waals surface area contributed by atoms with E-state index in [9.17, 15) is 4.79 Å². The van der Waals surface area contributed by atoms with Gasteiger partial charge in [0, 0.05) is 6.04 Å². The quantitative estimate of drug-likeness (QED) is 0.875. The first-order valence-electron chi connectivity index (χ1n) is 7.28. The molecule has 112 valence electrons. The van der Waals surface area contributed by atoms with E-state index in [0.29, 0.717) is 11.7 Å². The molecule has 0 aromatic carbocycles. The molecule has 1 aliphatic carbocycles. The van der Waals surface area contributed by atoms with Crippen LogP contribution in [0.4, 0.5) is 5.69 Å². The van der Waals surface area contributed by atoms with Crippen LogP contribution in [0.2, 0.25) is 5.02 Å². The number of aliphatic hydroxyl groups is 1. The lowest BCUT2D eigenvalue weighted by Gasteiger charge is -2.29. The van der Waals surface area contributed by atoms with Gasteiger partial charge in [0.2, 0.25) is 0 Å². The van der Waals surface area contributed by atoms with E-state index in [1.165, 1.54) is 23.9 Å². The van der Waals surface area contributed by atoms with Crippen LogP contribution in [0.3, 0.4) is 0 Å². The summed E-state index contributed by atoms with van der Waals surface area (Å²) in [6, 6.07) is 0.366. The second-order valence-corrected chi connectivity index (χ2v) is 5.77. The third kappa shape index (κ3) is 3.52. The maximum absolute atomic E-state index is 11.9. The van der Waals surface area contributed by atoms with Crippen molar-refractivity contribution in [2.45, 2.75) is 51.6 Å². The summed E-state index contributed by atoms with van der Waals surface area (Å²) >= 11 is 6.09. The molecule has 1 fully saturated rings. The van der Waals surface area contributed by atoms with Gasteiger partial charge in [0.1, 0.15) is 5.02 Å². The number of hydrogen-bond acceptors (Lipinski definition) is 4. The molecule has 6 heteroatoms. The monoisotopic (exact) mass is 299 g/mol. The van der Waals surface area contributed by atoms with E-state index < -0.39 is 0 Å². The molecule has 0 spiro atoms. The predicted molar refractivity (Wildman–Crippen MR) is 80.3 cm³/mol. The van der Waals surface area contributed by atoms with Crippen molar-refractivity contribution in [2.24, 2.45) is 5.92 Å². The average molecular weight is 300 g/mol. The Morgan fingerprint density at radius 1 is 1.45 bits per heavy atom. The molecular formula is C14H22ClN3O2. The number of aromatic nitrogens is 2. The van der Waals surface area contributed by atoms with E-state index in [1.807, 2.05) is 0 Å². The van der Waals surface area contributed by atoms with E-state index in [0.717, 1.165) is 18.8 Å².